The molecule has 0 heterocycles. The van der Waals surface area contributed by atoms with E-state index in [0.29, 0.717) is 58.7 Å². The number of fused-ring (bicyclic) bond motifs is 2. The van der Waals surface area contributed by atoms with Crippen LogP contribution in [0.15, 0.2) is 368 Å². The molecule has 0 aliphatic rings. The van der Waals surface area contributed by atoms with Crippen molar-refractivity contribution in [2.75, 3.05) is 0 Å². The van der Waals surface area contributed by atoms with Gasteiger partial charge in [0.1, 0.15) is 0 Å². The van der Waals surface area contributed by atoms with Crippen molar-refractivity contribution in [3.05, 3.63) is 160 Å². The van der Waals surface area contributed by atoms with Gasteiger partial charge in [-0.25, -0.2) is 26.3 Å². The van der Waals surface area contributed by atoms with Gasteiger partial charge in [-0.2, -0.15) is 27.0 Å². The van der Waals surface area contributed by atoms with Crippen molar-refractivity contribution in [3.8, 4) is 0 Å². The molecule has 0 aromatic heterocycles. The van der Waals surface area contributed by atoms with Crippen LogP contribution in [0.2, 0.25) is 0 Å². The zero-order chi connectivity index (χ0) is 94.2. The number of nitrogens with zero attached hydrogens (tertiary/aromatic N) is 66. The summed E-state index contributed by atoms with van der Waals surface area (Å²) in [6.07, 6.45) is 9.48. The van der Waals surface area contributed by atoms with Crippen LogP contribution in [0.25, 0.3) is 52.9 Å². The second kappa shape index (κ2) is 86.8. The van der Waals surface area contributed by atoms with Gasteiger partial charge in [0.05, 0.1) is 5.22 Å². The zero-order valence-electron chi connectivity index (χ0n) is 65.8. The van der Waals surface area contributed by atoms with Crippen LogP contribution in [-0.4, -0.2) is 0 Å². The highest BCUT2D eigenvalue weighted by molar-refractivity contribution is 5.88. The lowest BCUT2D eigenvalue weighted by atomic mass is 9.94. The largest absolute Gasteiger partial charge is 0.303 e. The molecular formula is C45H67F6N75. The Kier molecular flexibility index (Phi) is 78.0. The van der Waals surface area contributed by atoms with Gasteiger partial charge in [-0.05, 0) is 369 Å². The highest BCUT2D eigenvalue weighted by atomic mass is 19.2. The number of rotatable bonds is 40. The average Bonchev–Trinajstić information content (AvgIpc) is 0.782. The minimum atomic E-state index is -0.700. The number of nitrogens with one attached hydrogen (secondary N) is 5. The fourth-order valence-corrected chi connectivity index (χ4v) is 7.52. The van der Waals surface area contributed by atoms with Crippen molar-refractivity contribution in [1.29, 1.82) is 27.7 Å². The molecule has 0 bridgehead atoms. The molecule has 126 heavy (non-hydrogen) atoms. The molecule has 0 saturated heterocycles. The highest BCUT2D eigenvalue weighted by Crippen LogP contribution is 2.31. The molecule has 0 radical (unpaired) electrons. The summed E-state index contributed by atoms with van der Waals surface area (Å²) in [6, 6.07) is 16.6. The lowest BCUT2D eigenvalue weighted by molar-refractivity contribution is 0.488. The quantitative estimate of drug-likeness (QED) is 0.00461. The van der Waals surface area contributed by atoms with E-state index < -0.39 is 34.9 Å². The summed E-state index contributed by atoms with van der Waals surface area (Å²) in [5.74, 6) is 14.2. The fourth-order valence-electron chi connectivity index (χ4n) is 7.52. The van der Waals surface area contributed by atoms with Crippen molar-refractivity contribution in [2.45, 2.75) is 126 Å². The summed E-state index contributed by atoms with van der Waals surface area (Å²) in [7, 11) is 0. The lowest BCUT2D eigenvalue weighted by Gasteiger charge is -2.12. The molecule has 0 amide bonds. The Morgan fingerprint density at radius 1 is 0.270 bits per heavy atom. The number of hydrogen-bond acceptors (Lipinski definition) is 9. The second-order valence-corrected chi connectivity index (χ2v) is 19.1. The molecule has 0 aliphatic carbocycles. The maximum absolute atomic E-state index is 14.3. The van der Waals surface area contributed by atoms with Gasteiger partial charge in [0, 0.05) is 52.2 Å². The molecule has 0 spiro atoms. The van der Waals surface area contributed by atoms with E-state index in [-0.39, 0.29) is 0 Å². The first-order valence-corrected chi connectivity index (χ1v) is 32.9. The maximum atomic E-state index is 14.3. The molecule has 0 atom stereocenters. The first kappa shape index (κ1) is 113. The average molecular weight is 1770 g/mol. The van der Waals surface area contributed by atoms with Crippen LogP contribution >= 0.6 is 0 Å². The van der Waals surface area contributed by atoms with E-state index in [1.807, 2.05) is 58.9 Å². The summed E-state index contributed by atoms with van der Waals surface area (Å²) in [6.45, 7) is 13.9. The van der Waals surface area contributed by atoms with Crippen molar-refractivity contribution in [3.63, 3.8) is 0 Å². The van der Waals surface area contributed by atoms with Gasteiger partial charge < -0.3 is 23.4 Å². The van der Waals surface area contributed by atoms with Gasteiger partial charge in [0.15, 0.2) is 34.9 Å². The van der Waals surface area contributed by atoms with Gasteiger partial charge in [0.2, 0.25) is 0 Å². The molecular weight excluding hydrogens is 1710 g/mol. The van der Waals surface area contributed by atoms with E-state index in [1.165, 1.54) is 0 Å². The fraction of sp³-hybridized carbons (Fsp3) is 0.422. The van der Waals surface area contributed by atoms with Crippen LogP contribution in [0.5, 0.6) is 0 Å². The molecule has 0 saturated carbocycles. The standard InChI is InChI=1S/C17H20F2.C16H18F2.C12H16F2.H2N22.H3N21.H4N12.H3N11.N6.HN3/c1-4-6-12-8-9-13-10-14(7-5-2)16(18)17(19)15(13)11(12)3;1-3-5-11-7-8-12-10-13(6-4-2)15(17)16(18)14(12)9-11;1-3-5-9-7-8-10(6-4-2)12(14)11(9)13;1-3-5-7-9-11-13-15-17-19-21-22-20-18-16-14-12-10-8-6-4-2;1-3-5-7-9-11-13-15-17-19-21-20-18-16-14-12-10-8-6-4-2;1-3-5-7-9-11-12-10-8-6-4-2;1-3-5-7-9-11-10-8-6-4-2;1-3-5-6-4-2;1-3-2/h8-10H,4-7H2,1-3H3;7-10H,3-6H2,1-2H3;7-8H,3-6H2,1-2H3;1-2H;(H3,1,2,5,6,9,10,13,14,17,18,21);(H2,1,4,5,8,9,12)(H2,2,3,6,7,10,11);(H3,1,2,5,6,9,10);;1H/b;;;3-1?,4-2?,7-5+,8-6+,11-9+,12-10+,15-13+,16-14+,19-17+,20-18+,22-21+;;;;;. The number of halogens is 6. The van der Waals surface area contributed by atoms with Gasteiger partial charge in [-0.15, -0.1) is 11.1 Å². The first-order chi connectivity index (χ1) is 61.5. The van der Waals surface area contributed by atoms with Crippen molar-refractivity contribution < 1.29 is 26.3 Å². The number of azide groups is 2. The summed E-state index contributed by atoms with van der Waals surface area (Å²) in [4.78, 5) is 6.01. The van der Waals surface area contributed by atoms with Crippen LogP contribution < -0.4 is 23.4 Å². The SMILES string of the molecule is CCCc1cc2ccc(CCC)c(C)c2c(F)c1F.CCCc1ccc(CCC)c(F)c1F.CCCc1ccc2cc(CCC)c(F)c(F)c2c1.N/N=N/N=N/N=N/N=N/N=N/N.N=N/N=N/N=N/N=N/N=N/N.N=N/N=N/N=N/N=N/N=N/N=N/N=N/N=N/N=N/N=N/N.N=N/N=N/N=N/N=N/N=N/N=N/N=N/N=N/N=N/N=N/N=N.[N-]=[N+]=N.[N-]=[N+]=NN=[N+]=[N-]. The highest BCUT2D eigenvalue weighted by Gasteiger charge is 2.17. The normalized spacial score (nSPS) is 12.0. The van der Waals surface area contributed by atoms with E-state index in [2.05, 4.69) is 360 Å². The van der Waals surface area contributed by atoms with Crippen LogP contribution in [-0.2, 0) is 38.5 Å². The number of hydrogen-bond donors (Lipinski definition) is 9. The number of nitrogens with two attached hydrogens (primary N) is 4. The smallest absolute Gasteiger partial charge is 0.280 e. The van der Waals surface area contributed by atoms with Crippen molar-refractivity contribution >= 4 is 21.5 Å². The molecule has 5 aromatic carbocycles. The molecule has 664 valence electrons. The van der Waals surface area contributed by atoms with E-state index in [4.69, 9.17) is 44.2 Å². The Morgan fingerprint density at radius 2 is 0.484 bits per heavy atom. The predicted molar refractivity (Wildman–Crippen MR) is 399 cm³/mol. The van der Waals surface area contributed by atoms with E-state index in [0.717, 1.165) is 78.8 Å². The first-order valence-electron chi connectivity index (χ1n) is 32.9. The van der Waals surface area contributed by atoms with Crippen molar-refractivity contribution in [2.24, 2.45) is 337 Å². The third-order valence-electron chi connectivity index (χ3n) is 11.5. The molecule has 5 aromatic rings. The maximum Gasteiger partial charge on any atom is 0.280 e. The third-order valence-corrected chi connectivity index (χ3v) is 11.5. The Balaban J connectivity index is -0.000000684. The van der Waals surface area contributed by atoms with Gasteiger partial charge in [0.25, 0.3) is 5.22 Å². The summed E-state index contributed by atoms with van der Waals surface area (Å²) in [5.41, 5.74) is 56.7. The molecule has 81 heteroatoms. The summed E-state index contributed by atoms with van der Waals surface area (Å²) in [5, 5.41) is 174. The molecule has 5 rings (SSSR count). The molecule has 0 fully saturated rings. The van der Waals surface area contributed by atoms with E-state index in [9.17, 15) is 26.3 Å². The topological polar surface area (TPSA) is 1070 Å². The number of aryl methyl sites for hydroxylation is 7. The third kappa shape index (κ3) is 62.3. The minimum Gasteiger partial charge on any atom is -0.303 e. The van der Waals surface area contributed by atoms with Crippen LogP contribution in [0.3, 0.4) is 0 Å². The summed E-state index contributed by atoms with van der Waals surface area (Å²) < 4.78 is 83.0. The minimum absolute atomic E-state index is 0.401. The van der Waals surface area contributed by atoms with Gasteiger partial charge in [-0.3, -0.25) is 0 Å². The van der Waals surface area contributed by atoms with E-state index in [1.54, 1.807) is 35.2 Å². The Labute approximate surface area is 695 Å². The summed E-state index contributed by atoms with van der Waals surface area (Å²) >= 11 is 0. The van der Waals surface area contributed by atoms with Crippen LogP contribution in [0.4, 0.5) is 26.3 Å². The monoisotopic (exact) mass is 1770 g/mol. The Hall–Kier alpha value is -19.1. The van der Waals surface area contributed by atoms with E-state index >= 15 is 0 Å². The van der Waals surface area contributed by atoms with Gasteiger partial charge in [-0.1, -0.05) is 143 Å². The second-order valence-electron chi connectivity index (χ2n) is 19.1. The predicted octanol–water partition coefficient (Wildman–Crippen LogP) is 26.1. The Morgan fingerprint density at radius 3 is 0.738 bits per heavy atom. The van der Waals surface area contributed by atoms with Gasteiger partial charge >= 0.3 is 0 Å². The zero-order valence-corrected chi connectivity index (χ0v) is 65.8. The molecule has 75 nitrogen and oxygen atoms in total. The Bertz CT molecular complexity index is 4860. The molecule has 13 N–H and O–H groups in total. The molecule has 0 aliphatic heterocycles. The molecule has 0 unspecified atom stereocenters. The van der Waals surface area contributed by atoms with Crippen LogP contribution in [0, 0.1) is 69.5 Å². The lowest BCUT2D eigenvalue weighted by Crippen LogP contribution is -1.99. The number of benzene rings is 5. The van der Waals surface area contributed by atoms with Crippen molar-refractivity contribution in [1.82, 2.24) is 0 Å². The van der Waals surface area contributed by atoms with Crippen LogP contribution in [0.1, 0.15) is 119 Å².